The Balaban J connectivity index is 0.00000135. The Kier molecular flexibility index (Phi) is 11.4. The second-order valence-corrected chi connectivity index (χ2v) is 20.4. The van der Waals surface area contributed by atoms with E-state index in [9.17, 15) is 0 Å². The highest BCUT2D eigenvalue weighted by Gasteiger charge is 2.53. The predicted molar refractivity (Wildman–Crippen MR) is 326 cm³/mol. The Bertz CT molecular complexity index is 4230. The summed E-state index contributed by atoms with van der Waals surface area (Å²) in [5, 5.41) is 6.72. The number of hydrogen-bond donors (Lipinski definition) is 0. The number of nitrogens with zero attached hydrogens (tertiary/aromatic N) is 1. The van der Waals surface area contributed by atoms with E-state index in [1.807, 2.05) is 27.7 Å². The van der Waals surface area contributed by atoms with Crippen molar-refractivity contribution in [1.82, 2.24) is 0 Å². The molecular formula is C75H59NO2. The first-order valence-electron chi connectivity index (χ1n) is 28.0. The van der Waals surface area contributed by atoms with Crippen LogP contribution in [0.3, 0.4) is 0 Å². The summed E-state index contributed by atoms with van der Waals surface area (Å²) in [5.41, 5.74) is 18.0. The van der Waals surface area contributed by atoms with Crippen LogP contribution in [0.25, 0.3) is 54.6 Å². The van der Waals surface area contributed by atoms with E-state index in [0.717, 1.165) is 90.3 Å². The molecule has 0 N–H and O–H groups in total. The zero-order valence-corrected chi connectivity index (χ0v) is 44.5. The van der Waals surface area contributed by atoms with Crippen molar-refractivity contribution in [2.24, 2.45) is 0 Å². The number of furan rings is 1. The van der Waals surface area contributed by atoms with E-state index in [1.165, 1.54) is 55.7 Å². The van der Waals surface area contributed by atoms with Crippen molar-refractivity contribution in [3.05, 3.63) is 311 Å². The maximum absolute atomic E-state index is 7.35. The number of hydrogen-bond acceptors (Lipinski definition) is 3. The van der Waals surface area contributed by atoms with Gasteiger partial charge in [-0.15, -0.1) is 0 Å². The number of fused-ring (bicyclic) bond motifs is 17. The van der Waals surface area contributed by atoms with Crippen molar-refractivity contribution < 1.29 is 9.15 Å². The van der Waals surface area contributed by atoms with Crippen LogP contribution in [-0.2, 0) is 10.8 Å². The fourth-order valence-corrected chi connectivity index (χ4v) is 14.0. The average molecular weight is 1010 g/mol. The molecule has 0 bridgehead atoms. The molecule has 3 heteroatoms. The van der Waals surface area contributed by atoms with Crippen LogP contribution in [0.4, 0.5) is 11.4 Å². The molecule has 2 heterocycles. The Labute approximate surface area is 457 Å². The van der Waals surface area contributed by atoms with E-state index in [0.29, 0.717) is 0 Å². The number of allylic oxidation sites excluding steroid dienone is 8. The van der Waals surface area contributed by atoms with Gasteiger partial charge in [-0.05, 0) is 104 Å². The summed E-state index contributed by atoms with van der Waals surface area (Å²) in [4.78, 5) is 2.59. The minimum absolute atomic E-state index is 0.194. The molecule has 0 radical (unpaired) electrons. The molecule has 78 heavy (non-hydrogen) atoms. The van der Waals surface area contributed by atoms with Crippen molar-refractivity contribution in [3.8, 4) is 22.6 Å². The Morgan fingerprint density at radius 2 is 1.04 bits per heavy atom. The molecule has 1 unspecified atom stereocenters. The first-order valence-corrected chi connectivity index (χ1v) is 28.0. The van der Waals surface area contributed by atoms with Crippen molar-refractivity contribution in [3.63, 3.8) is 0 Å². The third-order valence-electron chi connectivity index (χ3n) is 16.9. The predicted octanol–water partition coefficient (Wildman–Crippen LogP) is 20.0. The molecule has 3 nitrogen and oxygen atoms in total. The maximum atomic E-state index is 7.35. The lowest BCUT2D eigenvalue weighted by Crippen LogP contribution is -2.33. The highest BCUT2D eigenvalue weighted by molar-refractivity contribution is 6.07. The molecular weight excluding hydrogens is 947 g/mol. The van der Waals surface area contributed by atoms with Gasteiger partial charge in [-0.3, -0.25) is 0 Å². The van der Waals surface area contributed by atoms with Gasteiger partial charge in [-0.1, -0.05) is 252 Å². The topological polar surface area (TPSA) is 25.6 Å². The van der Waals surface area contributed by atoms with Gasteiger partial charge in [0.25, 0.3) is 0 Å². The van der Waals surface area contributed by atoms with Crippen LogP contribution in [0, 0.1) is 0 Å². The summed E-state index contributed by atoms with van der Waals surface area (Å²) in [7, 11) is 0. The molecule has 10 aromatic carbocycles. The lowest BCUT2D eigenvalue weighted by Gasteiger charge is -2.40. The van der Waals surface area contributed by atoms with Gasteiger partial charge in [0.1, 0.15) is 22.7 Å². The smallest absolute Gasteiger partial charge is 0.140 e. The summed E-state index contributed by atoms with van der Waals surface area (Å²) in [6.07, 6.45) is 16.7. The fraction of sp³-hybridized carbons (Fsp3) is 0.120. The summed E-state index contributed by atoms with van der Waals surface area (Å²) < 4.78 is 13.9. The summed E-state index contributed by atoms with van der Waals surface area (Å²) in [6.45, 7) is 8.00. The normalized spacial score (nSPS) is 16.5. The molecule has 5 aliphatic rings. The molecule has 0 saturated heterocycles. The Morgan fingerprint density at radius 3 is 1.74 bits per heavy atom. The maximum Gasteiger partial charge on any atom is 0.140 e. The van der Waals surface area contributed by atoms with Gasteiger partial charge < -0.3 is 14.1 Å². The van der Waals surface area contributed by atoms with Crippen molar-refractivity contribution in [2.45, 2.75) is 57.4 Å². The number of rotatable bonds is 5. The van der Waals surface area contributed by atoms with Gasteiger partial charge in [0.2, 0.25) is 0 Å². The van der Waals surface area contributed by atoms with E-state index in [1.54, 1.807) is 0 Å². The van der Waals surface area contributed by atoms with Gasteiger partial charge in [0.05, 0.1) is 22.6 Å². The zero-order valence-electron chi connectivity index (χ0n) is 44.5. The molecule has 1 spiro atoms. The molecule has 16 rings (SSSR count). The van der Waals surface area contributed by atoms with Crippen LogP contribution < -0.4 is 9.64 Å². The standard InChI is InChI=1S/C71H47NO2.2C2H6/c1-3-20-47(21-4-1)70(48-22-5-2-6-23-48)58-29-14-11-26-53(58)54-39-36-49(37-42-60(54)70)72(50-38-43-66-57(44-50)55-27-13-16-33-65(55)73-66)64-32-17-31-61-67(64)56-28-12-15-30-59(56)71(61)62-40-34-45-18-7-9-24-51(45)68(62)74-69-52-25-10-8-19-46(52)35-41-63(69)71;2*1-2/h1-10,12-25,27-44,49H,11,26H2;2*1-2H3. The number of benzene rings is 10. The molecule has 11 aromatic rings. The molecule has 0 amide bonds. The van der Waals surface area contributed by atoms with Crippen molar-refractivity contribution >= 4 is 54.9 Å². The van der Waals surface area contributed by atoms with Crippen LogP contribution >= 0.6 is 0 Å². The largest absolute Gasteiger partial charge is 0.456 e. The van der Waals surface area contributed by atoms with Crippen molar-refractivity contribution in [1.29, 1.82) is 0 Å². The molecule has 1 aromatic heterocycles. The van der Waals surface area contributed by atoms with E-state index >= 15 is 0 Å². The number of ether oxygens (including phenoxy) is 1. The van der Waals surface area contributed by atoms with Crippen molar-refractivity contribution in [2.75, 3.05) is 4.90 Å². The number of para-hydroxylation sites is 1. The first-order chi connectivity index (χ1) is 38.7. The summed E-state index contributed by atoms with van der Waals surface area (Å²) in [6, 6.07) is 80.1. The minimum atomic E-state index is -0.699. The molecule has 0 fully saturated rings. The van der Waals surface area contributed by atoms with Crippen LogP contribution in [0.2, 0.25) is 0 Å². The van der Waals surface area contributed by atoms with Crippen LogP contribution in [0.5, 0.6) is 11.5 Å². The van der Waals surface area contributed by atoms with Gasteiger partial charge in [-0.25, -0.2) is 0 Å². The second-order valence-electron chi connectivity index (χ2n) is 20.4. The third kappa shape index (κ3) is 6.64. The molecule has 0 saturated carbocycles. The molecule has 1 atom stereocenters. The van der Waals surface area contributed by atoms with Crippen LogP contribution in [-0.4, -0.2) is 6.04 Å². The summed E-state index contributed by atoms with van der Waals surface area (Å²) >= 11 is 0. The molecule has 4 aliphatic carbocycles. The van der Waals surface area contributed by atoms with E-state index < -0.39 is 10.8 Å². The highest BCUT2D eigenvalue weighted by atomic mass is 16.5. The second kappa shape index (κ2) is 18.8. The van der Waals surface area contributed by atoms with Gasteiger partial charge >= 0.3 is 0 Å². The number of anilines is 2. The minimum Gasteiger partial charge on any atom is -0.456 e. The van der Waals surface area contributed by atoms with E-state index in [-0.39, 0.29) is 6.04 Å². The van der Waals surface area contributed by atoms with Crippen LogP contribution in [0.1, 0.15) is 73.9 Å². The Hall–Kier alpha value is -9.18. The third-order valence-corrected chi connectivity index (χ3v) is 16.9. The molecule has 1 aliphatic heterocycles. The van der Waals surface area contributed by atoms with Gasteiger partial charge in [-0.2, -0.15) is 0 Å². The lowest BCUT2D eigenvalue weighted by molar-refractivity contribution is 0.447. The highest BCUT2D eigenvalue weighted by Crippen LogP contribution is 2.66. The van der Waals surface area contributed by atoms with Gasteiger partial charge in [0, 0.05) is 43.9 Å². The Morgan fingerprint density at radius 1 is 0.449 bits per heavy atom. The quantitative estimate of drug-likeness (QED) is 0.172. The fourth-order valence-electron chi connectivity index (χ4n) is 14.0. The van der Waals surface area contributed by atoms with E-state index in [4.69, 9.17) is 9.15 Å². The monoisotopic (exact) mass is 1010 g/mol. The zero-order chi connectivity index (χ0) is 52.5. The van der Waals surface area contributed by atoms with Crippen LogP contribution in [0.15, 0.2) is 282 Å². The summed E-state index contributed by atoms with van der Waals surface area (Å²) in [5.74, 6) is 1.83. The lowest BCUT2D eigenvalue weighted by atomic mass is 9.65. The SMILES string of the molecule is C1=CC2=C(CC1)C1=C(C=CC(N(c3ccc4oc5ccccc5c4c3)c3cccc4c3-c3ccccc3C43c4ccc5ccccc5c4Oc4c3ccc3ccccc43)C=C1)C2(c1ccccc1)c1ccccc1.CC.CC. The average Bonchev–Trinajstić information content (AvgIpc) is 2.55. The van der Waals surface area contributed by atoms with Gasteiger partial charge in [0.15, 0.2) is 0 Å². The van der Waals surface area contributed by atoms with E-state index in [2.05, 4.69) is 260 Å². The first kappa shape index (κ1) is 47.3. The molecule has 376 valence electrons.